The highest BCUT2D eigenvalue weighted by Gasteiger charge is 2.00. The lowest BCUT2D eigenvalue weighted by Gasteiger charge is -1.95. The molecule has 3 N–H and O–H groups in total. The summed E-state index contributed by atoms with van der Waals surface area (Å²) in [6.07, 6.45) is 2.63. The molecule has 0 saturated carbocycles. The summed E-state index contributed by atoms with van der Waals surface area (Å²) in [6, 6.07) is 4.32. The van der Waals surface area contributed by atoms with Crippen molar-refractivity contribution in [3.8, 4) is 0 Å². The number of quaternary nitrogens is 1. The molecule has 0 spiro atoms. The molecule has 1 atom stereocenters. The molecular weight excluding hydrogens is 114 g/mol. The van der Waals surface area contributed by atoms with Crippen molar-refractivity contribution in [2.24, 2.45) is 0 Å². The summed E-state index contributed by atoms with van der Waals surface area (Å²) < 4.78 is 5.10. The van der Waals surface area contributed by atoms with Gasteiger partial charge in [-0.15, -0.1) is 0 Å². The molecule has 2 heteroatoms. The molecule has 1 rings (SSSR count). The fourth-order valence-electron chi connectivity index (χ4n) is 0.772. The zero-order chi connectivity index (χ0) is 6.69. The fourth-order valence-corrected chi connectivity index (χ4v) is 0.772. The quantitative estimate of drug-likeness (QED) is 0.614. The molecule has 1 aromatic heterocycles. The van der Waals surface area contributed by atoms with Gasteiger partial charge in [0.2, 0.25) is 0 Å². The van der Waals surface area contributed by atoms with Crippen LogP contribution >= 0.6 is 0 Å². The van der Waals surface area contributed by atoms with Gasteiger partial charge < -0.3 is 10.2 Å². The first-order valence-corrected chi connectivity index (χ1v) is 3.14. The minimum absolute atomic E-state index is 0.441. The molecular formula is C7H12NO+. The van der Waals surface area contributed by atoms with E-state index in [0.717, 1.165) is 12.2 Å². The standard InChI is InChI=1S/C7H11NO/c1-6(8)5-7-3-2-4-9-7/h2-4,6H,5,8H2,1H3/p+1/t6-/m1/s1. The smallest absolute Gasteiger partial charge is 0.109 e. The first-order chi connectivity index (χ1) is 4.29. The van der Waals surface area contributed by atoms with Crippen LogP contribution in [0, 0.1) is 0 Å². The fraction of sp³-hybridized carbons (Fsp3) is 0.429. The van der Waals surface area contributed by atoms with Gasteiger partial charge in [0.05, 0.1) is 18.7 Å². The second kappa shape index (κ2) is 2.69. The molecule has 1 aromatic rings. The molecule has 0 aliphatic heterocycles. The maximum atomic E-state index is 5.10. The third kappa shape index (κ3) is 1.90. The first-order valence-electron chi connectivity index (χ1n) is 3.14. The maximum Gasteiger partial charge on any atom is 0.109 e. The average Bonchev–Trinajstić information content (AvgIpc) is 2.15. The molecule has 0 fully saturated rings. The van der Waals surface area contributed by atoms with Gasteiger partial charge >= 0.3 is 0 Å². The highest BCUT2D eigenvalue weighted by molar-refractivity contribution is 4.98. The predicted molar refractivity (Wildman–Crippen MR) is 34.8 cm³/mol. The summed E-state index contributed by atoms with van der Waals surface area (Å²) in [5, 5.41) is 0. The second-order valence-corrected chi connectivity index (χ2v) is 2.39. The zero-order valence-corrected chi connectivity index (χ0v) is 5.63. The Morgan fingerprint density at radius 1 is 1.78 bits per heavy atom. The molecule has 0 radical (unpaired) electrons. The Morgan fingerprint density at radius 3 is 3.00 bits per heavy atom. The third-order valence-electron chi connectivity index (χ3n) is 1.13. The van der Waals surface area contributed by atoms with Gasteiger partial charge in [-0.2, -0.15) is 0 Å². The molecule has 0 saturated heterocycles. The van der Waals surface area contributed by atoms with Gasteiger partial charge in [-0.3, -0.25) is 0 Å². The van der Waals surface area contributed by atoms with Crippen molar-refractivity contribution < 1.29 is 10.2 Å². The van der Waals surface area contributed by atoms with Crippen molar-refractivity contribution in [2.75, 3.05) is 0 Å². The van der Waals surface area contributed by atoms with E-state index < -0.39 is 0 Å². The highest BCUT2D eigenvalue weighted by atomic mass is 16.3. The van der Waals surface area contributed by atoms with Crippen LogP contribution in [-0.4, -0.2) is 6.04 Å². The van der Waals surface area contributed by atoms with Gasteiger partial charge in [0, 0.05) is 0 Å². The van der Waals surface area contributed by atoms with Crippen LogP contribution in [0.2, 0.25) is 0 Å². The Kier molecular flexibility index (Phi) is 1.90. The molecule has 9 heavy (non-hydrogen) atoms. The van der Waals surface area contributed by atoms with E-state index >= 15 is 0 Å². The van der Waals surface area contributed by atoms with Crippen molar-refractivity contribution in [3.05, 3.63) is 24.2 Å². The van der Waals surface area contributed by atoms with E-state index in [1.54, 1.807) is 6.26 Å². The van der Waals surface area contributed by atoms with Gasteiger partial charge in [0.15, 0.2) is 0 Å². The van der Waals surface area contributed by atoms with Crippen LogP contribution in [0.3, 0.4) is 0 Å². The molecule has 0 aliphatic rings. The normalized spacial score (nSPS) is 13.6. The number of furan rings is 1. The van der Waals surface area contributed by atoms with Crippen molar-refractivity contribution in [3.63, 3.8) is 0 Å². The van der Waals surface area contributed by atoms with Crippen molar-refractivity contribution >= 4 is 0 Å². The summed E-state index contributed by atoms with van der Waals surface area (Å²) in [5.41, 5.74) is 3.85. The molecule has 0 unspecified atom stereocenters. The molecule has 50 valence electrons. The largest absolute Gasteiger partial charge is 0.469 e. The minimum atomic E-state index is 0.441. The van der Waals surface area contributed by atoms with Crippen molar-refractivity contribution in [1.82, 2.24) is 0 Å². The van der Waals surface area contributed by atoms with E-state index in [1.807, 2.05) is 12.1 Å². The Balaban J connectivity index is 2.48. The monoisotopic (exact) mass is 126 g/mol. The Bertz CT molecular complexity index is 155. The van der Waals surface area contributed by atoms with Crippen molar-refractivity contribution in [2.45, 2.75) is 19.4 Å². The van der Waals surface area contributed by atoms with Gasteiger partial charge in [-0.05, 0) is 19.1 Å². The van der Waals surface area contributed by atoms with Gasteiger partial charge in [0.25, 0.3) is 0 Å². The number of hydrogen-bond donors (Lipinski definition) is 1. The van der Waals surface area contributed by atoms with Crippen LogP contribution in [0.25, 0.3) is 0 Å². The van der Waals surface area contributed by atoms with E-state index in [0.29, 0.717) is 6.04 Å². The summed E-state index contributed by atoms with van der Waals surface area (Å²) >= 11 is 0. The van der Waals surface area contributed by atoms with Crippen molar-refractivity contribution in [1.29, 1.82) is 0 Å². The van der Waals surface area contributed by atoms with Gasteiger partial charge in [0.1, 0.15) is 5.76 Å². The van der Waals surface area contributed by atoms with Gasteiger partial charge in [-0.25, -0.2) is 0 Å². The SMILES string of the molecule is C[C@@H]([NH3+])Cc1ccco1. The van der Waals surface area contributed by atoms with Crippen LogP contribution in [0.1, 0.15) is 12.7 Å². The predicted octanol–water partition coefficient (Wildman–Crippen LogP) is 0.452. The molecule has 0 bridgehead atoms. The van der Waals surface area contributed by atoms with Crippen LogP contribution in [0.15, 0.2) is 22.8 Å². The Hall–Kier alpha value is -0.760. The van der Waals surface area contributed by atoms with Crippen LogP contribution < -0.4 is 5.73 Å². The summed E-state index contributed by atoms with van der Waals surface area (Å²) in [4.78, 5) is 0. The van der Waals surface area contributed by atoms with E-state index in [1.165, 1.54) is 0 Å². The van der Waals surface area contributed by atoms with E-state index in [9.17, 15) is 0 Å². The Labute approximate surface area is 54.7 Å². The maximum absolute atomic E-state index is 5.10. The minimum Gasteiger partial charge on any atom is -0.469 e. The van der Waals surface area contributed by atoms with Crippen LogP contribution in [0.5, 0.6) is 0 Å². The topological polar surface area (TPSA) is 40.8 Å². The Morgan fingerprint density at radius 2 is 2.56 bits per heavy atom. The first kappa shape index (κ1) is 6.36. The molecule has 0 aromatic carbocycles. The zero-order valence-electron chi connectivity index (χ0n) is 5.63. The molecule has 0 aliphatic carbocycles. The average molecular weight is 126 g/mol. The highest BCUT2D eigenvalue weighted by Crippen LogP contribution is 2.00. The lowest BCUT2D eigenvalue weighted by atomic mass is 10.2. The lowest BCUT2D eigenvalue weighted by Crippen LogP contribution is -2.60. The van der Waals surface area contributed by atoms with E-state index in [2.05, 4.69) is 12.7 Å². The van der Waals surface area contributed by atoms with E-state index in [4.69, 9.17) is 4.42 Å². The summed E-state index contributed by atoms with van der Waals surface area (Å²) in [5.74, 6) is 1.03. The van der Waals surface area contributed by atoms with Crippen LogP contribution in [0.4, 0.5) is 0 Å². The molecule has 1 heterocycles. The van der Waals surface area contributed by atoms with E-state index in [-0.39, 0.29) is 0 Å². The van der Waals surface area contributed by atoms with Gasteiger partial charge in [-0.1, -0.05) is 0 Å². The third-order valence-corrected chi connectivity index (χ3v) is 1.13. The molecule has 0 amide bonds. The number of hydrogen-bond acceptors (Lipinski definition) is 1. The number of rotatable bonds is 2. The second-order valence-electron chi connectivity index (χ2n) is 2.39. The van der Waals surface area contributed by atoms with Crippen LogP contribution in [-0.2, 0) is 6.42 Å². The lowest BCUT2D eigenvalue weighted by molar-refractivity contribution is -0.413. The molecule has 2 nitrogen and oxygen atoms in total. The summed E-state index contributed by atoms with van der Waals surface area (Å²) in [7, 11) is 0. The summed E-state index contributed by atoms with van der Waals surface area (Å²) in [6.45, 7) is 2.07.